The van der Waals surface area contributed by atoms with E-state index in [0.717, 1.165) is 28.1 Å². The van der Waals surface area contributed by atoms with E-state index in [4.69, 9.17) is 0 Å². The Morgan fingerprint density at radius 2 is 1.41 bits per heavy atom. The van der Waals surface area contributed by atoms with Crippen LogP contribution < -0.4 is 5.43 Å². The van der Waals surface area contributed by atoms with Crippen molar-refractivity contribution >= 4 is 12.2 Å². The molecule has 0 saturated heterocycles. The van der Waals surface area contributed by atoms with Crippen molar-refractivity contribution in [1.82, 2.24) is 9.97 Å². The molecule has 29 heavy (non-hydrogen) atoms. The molecule has 5 heteroatoms. The Bertz CT molecular complexity index is 1120. The van der Waals surface area contributed by atoms with Crippen molar-refractivity contribution in [2.24, 2.45) is 5.10 Å². The van der Waals surface area contributed by atoms with Gasteiger partial charge in [-0.15, -0.1) is 0 Å². The van der Waals surface area contributed by atoms with Crippen LogP contribution in [0.15, 0.2) is 90.0 Å². The number of phenols is 1. The van der Waals surface area contributed by atoms with E-state index < -0.39 is 0 Å². The molecule has 0 bridgehead atoms. The molecule has 1 aromatic heterocycles. The number of hydrogen-bond acceptors (Lipinski definition) is 5. The molecule has 0 amide bonds. The van der Waals surface area contributed by atoms with E-state index in [2.05, 4.69) is 51.7 Å². The zero-order valence-corrected chi connectivity index (χ0v) is 15.9. The third-order valence-electron chi connectivity index (χ3n) is 4.41. The molecule has 3 aromatic carbocycles. The summed E-state index contributed by atoms with van der Waals surface area (Å²) in [6, 6.07) is 27.0. The summed E-state index contributed by atoms with van der Waals surface area (Å²) >= 11 is 0. The first kappa shape index (κ1) is 18.4. The largest absolute Gasteiger partial charge is 0.508 e. The smallest absolute Gasteiger partial charge is 0.244 e. The molecule has 0 aliphatic rings. The third-order valence-corrected chi connectivity index (χ3v) is 4.41. The molecule has 0 aliphatic heterocycles. The first-order valence-corrected chi connectivity index (χ1v) is 9.27. The van der Waals surface area contributed by atoms with Crippen LogP contribution in [0.3, 0.4) is 0 Å². The first-order chi connectivity index (χ1) is 14.2. The van der Waals surface area contributed by atoms with Gasteiger partial charge in [-0.3, -0.25) is 0 Å². The van der Waals surface area contributed by atoms with Gasteiger partial charge in [-0.1, -0.05) is 60.2 Å². The Labute approximate surface area is 169 Å². The predicted molar refractivity (Wildman–Crippen MR) is 117 cm³/mol. The van der Waals surface area contributed by atoms with Gasteiger partial charge >= 0.3 is 0 Å². The van der Waals surface area contributed by atoms with Crippen LogP contribution in [0.4, 0.5) is 5.95 Å². The van der Waals surface area contributed by atoms with Gasteiger partial charge in [0, 0.05) is 11.1 Å². The standard InChI is InChI=1S/C24H20N4O/c1-17-7-11-20(12-8-17)23-15-22(19-5-3-2-4-6-19)26-24(27-23)28-25-16-18-9-13-21(29)14-10-18/h2-16,29H,1H3,(H,26,27,28). The molecule has 0 saturated carbocycles. The molecule has 2 N–H and O–H groups in total. The van der Waals surface area contributed by atoms with E-state index in [9.17, 15) is 5.11 Å². The second kappa shape index (κ2) is 8.35. The molecule has 0 aliphatic carbocycles. The average molecular weight is 380 g/mol. The summed E-state index contributed by atoms with van der Waals surface area (Å²) in [5, 5.41) is 13.6. The summed E-state index contributed by atoms with van der Waals surface area (Å²) in [6.07, 6.45) is 1.66. The van der Waals surface area contributed by atoms with Crippen LogP contribution >= 0.6 is 0 Å². The molecule has 0 atom stereocenters. The van der Waals surface area contributed by atoms with Gasteiger partial charge in [0.25, 0.3) is 0 Å². The van der Waals surface area contributed by atoms with Crippen molar-refractivity contribution in [3.8, 4) is 28.3 Å². The highest BCUT2D eigenvalue weighted by Gasteiger charge is 2.08. The third kappa shape index (κ3) is 4.65. The lowest BCUT2D eigenvalue weighted by molar-refractivity contribution is 0.475. The van der Waals surface area contributed by atoms with E-state index >= 15 is 0 Å². The summed E-state index contributed by atoms with van der Waals surface area (Å²) < 4.78 is 0. The molecule has 0 radical (unpaired) electrons. The van der Waals surface area contributed by atoms with Crippen LogP contribution in [-0.2, 0) is 0 Å². The normalized spacial score (nSPS) is 10.9. The van der Waals surface area contributed by atoms with E-state index in [1.807, 2.05) is 36.4 Å². The number of rotatable bonds is 5. The minimum Gasteiger partial charge on any atom is -0.508 e. The van der Waals surface area contributed by atoms with Gasteiger partial charge in [0.2, 0.25) is 5.95 Å². The summed E-state index contributed by atoms with van der Waals surface area (Å²) in [7, 11) is 0. The van der Waals surface area contributed by atoms with Crippen LogP contribution in [0.5, 0.6) is 5.75 Å². The van der Waals surface area contributed by atoms with Gasteiger partial charge in [0.1, 0.15) is 5.75 Å². The quantitative estimate of drug-likeness (QED) is 0.365. The molecule has 4 rings (SSSR count). The predicted octanol–water partition coefficient (Wildman–Crippen LogP) is 5.27. The number of benzene rings is 3. The van der Waals surface area contributed by atoms with Crippen molar-refractivity contribution in [3.05, 3.63) is 96.1 Å². The minimum atomic E-state index is 0.219. The zero-order chi connectivity index (χ0) is 20.1. The van der Waals surface area contributed by atoms with Crippen LogP contribution in [0.25, 0.3) is 22.5 Å². The molecule has 4 aromatic rings. The number of anilines is 1. The van der Waals surface area contributed by atoms with E-state index in [-0.39, 0.29) is 5.75 Å². The number of aryl methyl sites for hydroxylation is 1. The second-order valence-corrected chi connectivity index (χ2v) is 6.66. The van der Waals surface area contributed by atoms with Gasteiger partial charge in [-0.05, 0) is 42.8 Å². The van der Waals surface area contributed by atoms with Crippen molar-refractivity contribution in [2.75, 3.05) is 5.43 Å². The second-order valence-electron chi connectivity index (χ2n) is 6.66. The highest BCUT2D eigenvalue weighted by molar-refractivity contribution is 5.80. The SMILES string of the molecule is Cc1ccc(-c2cc(-c3ccccc3)nc(NN=Cc3ccc(O)cc3)n2)cc1. The zero-order valence-electron chi connectivity index (χ0n) is 15.9. The number of hydrazone groups is 1. The molecule has 142 valence electrons. The van der Waals surface area contributed by atoms with Gasteiger partial charge in [0.05, 0.1) is 17.6 Å². The number of aromatic nitrogens is 2. The maximum absolute atomic E-state index is 9.37. The molecule has 5 nitrogen and oxygen atoms in total. The highest BCUT2D eigenvalue weighted by atomic mass is 16.3. The lowest BCUT2D eigenvalue weighted by atomic mass is 10.1. The fourth-order valence-corrected chi connectivity index (χ4v) is 2.85. The number of nitrogens with zero attached hydrogens (tertiary/aromatic N) is 3. The summed E-state index contributed by atoms with van der Waals surface area (Å²) in [5.41, 5.74) is 8.64. The summed E-state index contributed by atoms with van der Waals surface area (Å²) in [5.74, 6) is 0.633. The number of hydrogen-bond donors (Lipinski definition) is 2. The van der Waals surface area contributed by atoms with Crippen LogP contribution in [0.1, 0.15) is 11.1 Å². The summed E-state index contributed by atoms with van der Waals surface area (Å²) in [4.78, 5) is 9.24. The Morgan fingerprint density at radius 3 is 2.07 bits per heavy atom. The van der Waals surface area contributed by atoms with Gasteiger partial charge in [-0.2, -0.15) is 5.10 Å². The van der Waals surface area contributed by atoms with Crippen molar-refractivity contribution in [2.45, 2.75) is 6.92 Å². The maximum atomic E-state index is 9.37. The lowest BCUT2D eigenvalue weighted by Crippen LogP contribution is -2.00. The maximum Gasteiger partial charge on any atom is 0.244 e. The number of aromatic hydroxyl groups is 1. The van der Waals surface area contributed by atoms with Crippen LogP contribution in [0, 0.1) is 6.92 Å². The molecule has 0 spiro atoms. The lowest BCUT2D eigenvalue weighted by Gasteiger charge is -2.08. The monoisotopic (exact) mass is 380 g/mol. The Hall–Kier alpha value is -3.99. The number of phenolic OH excluding ortho intramolecular Hbond substituents is 1. The van der Waals surface area contributed by atoms with Crippen LogP contribution in [0.2, 0.25) is 0 Å². The van der Waals surface area contributed by atoms with Crippen LogP contribution in [-0.4, -0.2) is 21.3 Å². The highest BCUT2D eigenvalue weighted by Crippen LogP contribution is 2.25. The molecule has 0 fully saturated rings. The Balaban J connectivity index is 1.67. The topological polar surface area (TPSA) is 70.4 Å². The van der Waals surface area contributed by atoms with Crippen molar-refractivity contribution in [1.29, 1.82) is 0 Å². The van der Waals surface area contributed by atoms with Crippen molar-refractivity contribution in [3.63, 3.8) is 0 Å². The molecule has 0 unspecified atom stereocenters. The van der Waals surface area contributed by atoms with Gasteiger partial charge < -0.3 is 5.11 Å². The van der Waals surface area contributed by atoms with Gasteiger partial charge in [0.15, 0.2) is 0 Å². The minimum absolute atomic E-state index is 0.219. The van der Waals surface area contributed by atoms with Crippen molar-refractivity contribution < 1.29 is 5.11 Å². The summed E-state index contributed by atoms with van der Waals surface area (Å²) in [6.45, 7) is 2.06. The number of nitrogens with one attached hydrogen (secondary N) is 1. The Morgan fingerprint density at radius 1 is 0.793 bits per heavy atom. The van der Waals surface area contributed by atoms with E-state index in [0.29, 0.717) is 5.95 Å². The molecular formula is C24H20N4O. The van der Waals surface area contributed by atoms with E-state index in [1.165, 1.54) is 5.56 Å². The Kier molecular flexibility index (Phi) is 5.29. The fraction of sp³-hybridized carbons (Fsp3) is 0.0417. The molecular weight excluding hydrogens is 360 g/mol. The molecule has 1 heterocycles. The van der Waals surface area contributed by atoms with E-state index in [1.54, 1.807) is 30.5 Å². The first-order valence-electron chi connectivity index (χ1n) is 9.27. The van der Waals surface area contributed by atoms with Gasteiger partial charge in [-0.25, -0.2) is 15.4 Å². The average Bonchev–Trinajstić information content (AvgIpc) is 2.76. The fourth-order valence-electron chi connectivity index (χ4n) is 2.85.